The lowest BCUT2D eigenvalue weighted by Gasteiger charge is -2.13. The van der Waals surface area contributed by atoms with Crippen LogP contribution in [0.15, 0.2) is 127 Å². The summed E-state index contributed by atoms with van der Waals surface area (Å²) in [6, 6.07) is 42.4. The maximum absolute atomic E-state index is 2.42. The van der Waals surface area contributed by atoms with Crippen LogP contribution in [0.1, 0.15) is 0 Å². The van der Waals surface area contributed by atoms with Crippen LogP contribution in [-0.2, 0) is 0 Å². The molecule has 0 N–H and O–H groups in total. The zero-order chi connectivity index (χ0) is 25.5. The van der Waals surface area contributed by atoms with E-state index in [9.17, 15) is 0 Å². The second kappa shape index (κ2) is 8.03. The molecular weight excluding hydrogens is 511 g/mol. The molecular formula is C36H21NS2. The normalized spacial score (nSPS) is 12.1. The highest BCUT2D eigenvalue weighted by molar-refractivity contribution is 7.26. The molecule has 0 aliphatic carbocycles. The summed E-state index contributed by atoms with van der Waals surface area (Å²) in [7, 11) is 0. The SMILES string of the molecule is c1ccc(-n2ccc3cc4c(cc(-c5csc6ccccc56)c5ccc6c7ccccc7sc6c54)cc32)cc1. The van der Waals surface area contributed by atoms with Gasteiger partial charge in [-0.15, -0.1) is 22.7 Å². The minimum Gasteiger partial charge on any atom is -0.317 e. The van der Waals surface area contributed by atoms with Gasteiger partial charge in [0, 0.05) is 58.5 Å². The first kappa shape index (κ1) is 21.5. The first-order valence-corrected chi connectivity index (χ1v) is 14.9. The Balaban J connectivity index is 1.47. The van der Waals surface area contributed by atoms with Crippen molar-refractivity contribution in [2.75, 3.05) is 0 Å². The van der Waals surface area contributed by atoms with E-state index in [1.807, 2.05) is 22.7 Å². The number of aromatic nitrogens is 1. The van der Waals surface area contributed by atoms with Gasteiger partial charge in [-0.3, -0.25) is 0 Å². The summed E-state index contributed by atoms with van der Waals surface area (Å²) in [6.07, 6.45) is 2.20. The lowest BCUT2D eigenvalue weighted by Crippen LogP contribution is -1.91. The van der Waals surface area contributed by atoms with Gasteiger partial charge in [0.2, 0.25) is 0 Å². The molecule has 0 amide bonds. The van der Waals surface area contributed by atoms with Gasteiger partial charge in [-0.25, -0.2) is 0 Å². The molecule has 0 bridgehead atoms. The fraction of sp³-hybridized carbons (Fsp3) is 0. The highest BCUT2D eigenvalue weighted by Gasteiger charge is 2.18. The Kier molecular flexibility index (Phi) is 4.43. The van der Waals surface area contributed by atoms with Crippen molar-refractivity contribution in [3.63, 3.8) is 0 Å². The van der Waals surface area contributed by atoms with Gasteiger partial charge in [0.05, 0.1) is 5.52 Å². The molecule has 0 atom stereocenters. The first-order chi connectivity index (χ1) is 19.3. The third-order valence-electron chi connectivity index (χ3n) is 8.07. The van der Waals surface area contributed by atoms with Gasteiger partial charge >= 0.3 is 0 Å². The number of benzene rings is 6. The molecule has 0 saturated heterocycles. The van der Waals surface area contributed by atoms with Crippen LogP contribution in [0.5, 0.6) is 0 Å². The molecule has 3 aromatic heterocycles. The summed E-state index contributed by atoms with van der Waals surface area (Å²) in [5.74, 6) is 0. The molecule has 0 fully saturated rings. The predicted octanol–water partition coefficient (Wildman–Crippen LogP) is 11.2. The van der Waals surface area contributed by atoms with E-state index in [2.05, 4.69) is 131 Å². The zero-order valence-electron chi connectivity index (χ0n) is 20.9. The van der Waals surface area contributed by atoms with E-state index in [0.717, 1.165) is 0 Å². The van der Waals surface area contributed by atoms with E-state index in [4.69, 9.17) is 0 Å². The van der Waals surface area contributed by atoms with Gasteiger partial charge in [0.1, 0.15) is 0 Å². The molecule has 182 valence electrons. The number of para-hydroxylation sites is 1. The molecule has 39 heavy (non-hydrogen) atoms. The summed E-state index contributed by atoms with van der Waals surface area (Å²) in [4.78, 5) is 0. The fourth-order valence-electron chi connectivity index (χ4n) is 6.27. The molecule has 0 saturated carbocycles. The van der Waals surface area contributed by atoms with E-state index in [1.54, 1.807) is 0 Å². The van der Waals surface area contributed by atoms with Crippen molar-refractivity contribution in [3.05, 3.63) is 127 Å². The maximum Gasteiger partial charge on any atom is 0.0534 e. The monoisotopic (exact) mass is 531 g/mol. The number of fused-ring (bicyclic) bond motifs is 9. The molecule has 1 nitrogen and oxygen atoms in total. The van der Waals surface area contributed by atoms with E-state index in [-0.39, 0.29) is 0 Å². The summed E-state index contributed by atoms with van der Waals surface area (Å²) in [5, 5.41) is 12.9. The van der Waals surface area contributed by atoms with Crippen LogP contribution in [0, 0.1) is 0 Å². The highest BCUT2D eigenvalue weighted by atomic mass is 32.1. The van der Waals surface area contributed by atoms with Crippen molar-refractivity contribution in [2.45, 2.75) is 0 Å². The second-order valence-corrected chi connectivity index (χ2v) is 12.1. The van der Waals surface area contributed by atoms with E-state index in [1.165, 1.54) is 79.5 Å². The number of rotatable bonds is 2. The summed E-state index contributed by atoms with van der Waals surface area (Å²) >= 11 is 3.75. The standard InChI is InChI=1S/C36H21NS2/c1-2-8-24(9-3-1)37-17-16-22-18-29-23(20-32(22)37)19-30(31-21-38-33-12-6-4-11-26(31)33)27-14-15-28-25-10-5-7-13-34(25)39-36(28)35(27)29/h1-21H. The minimum atomic E-state index is 1.18. The molecule has 9 aromatic rings. The quantitative estimate of drug-likeness (QED) is 0.196. The van der Waals surface area contributed by atoms with Crippen molar-refractivity contribution in [2.24, 2.45) is 0 Å². The van der Waals surface area contributed by atoms with Gasteiger partial charge in [-0.2, -0.15) is 0 Å². The highest BCUT2D eigenvalue weighted by Crippen LogP contribution is 2.46. The number of hydrogen-bond donors (Lipinski definition) is 0. The maximum atomic E-state index is 2.42. The van der Waals surface area contributed by atoms with Gasteiger partial charge in [0.15, 0.2) is 0 Å². The Hall–Kier alpha value is -4.44. The summed E-state index contributed by atoms with van der Waals surface area (Å²) in [6.45, 7) is 0. The van der Waals surface area contributed by atoms with Gasteiger partial charge in [-0.1, -0.05) is 66.7 Å². The lowest BCUT2D eigenvalue weighted by atomic mass is 9.91. The van der Waals surface area contributed by atoms with Gasteiger partial charge < -0.3 is 4.57 Å². The molecule has 0 aliphatic rings. The molecule has 3 heteroatoms. The van der Waals surface area contributed by atoms with Crippen LogP contribution in [0.3, 0.4) is 0 Å². The Morgan fingerprint density at radius 3 is 2.18 bits per heavy atom. The number of thiophene rings is 2. The molecule has 0 radical (unpaired) electrons. The molecule has 0 spiro atoms. The van der Waals surface area contributed by atoms with Crippen molar-refractivity contribution < 1.29 is 0 Å². The minimum absolute atomic E-state index is 1.18. The molecule has 0 unspecified atom stereocenters. The Morgan fingerprint density at radius 1 is 0.513 bits per heavy atom. The fourth-order valence-corrected chi connectivity index (χ4v) is 8.50. The third-order valence-corrected chi connectivity index (χ3v) is 10.2. The topological polar surface area (TPSA) is 4.93 Å². The van der Waals surface area contributed by atoms with Crippen molar-refractivity contribution in [1.82, 2.24) is 4.57 Å². The summed E-state index contributed by atoms with van der Waals surface area (Å²) < 4.78 is 6.36. The third kappa shape index (κ3) is 3.06. The lowest BCUT2D eigenvalue weighted by molar-refractivity contribution is 1.13. The van der Waals surface area contributed by atoms with Gasteiger partial charge in [0.25, 0.3) is 0 Å². The Morgan fingerprint density at radius 2 is 1.28 bits per heavy atom. The van der Waals surface area contributed by atoms with E-state index >= 15 is 0 Å². The molecule has 9 rings (SSSR count). The Bertz CT molecular complexity index is 2390. The Labute approximate surface area is 232 Å². The van der Waals surface area contributed by atoms with Crippen LogP contribution < -0.4 is 0 Å². The molecule has 3 heterocycles. The average molecular weight is 532 g/mol. The molecule has 0 aliphatic heterocycles. The van der Waals surface area contributed by atoms with E-state index in [0.29, 0.717) is 0 Å². The average Bonchev–Trinajstić information content (AvgIpc) is 3.71. The largest absolute Gasteiger partial charge is 0.317 e. The van der Waals surface area contributed by atoms with Crippen molar-refractivity contribution in [1.29, 1.82) is 0 Å². The van der Waals surface area contributed by atoms with Crippen LogP contribution in [0.25, 0.3) is 79.5 Å². The molecule has 6 aromatic carbocycles. The number of nitrogens with zero attached hydrogens (tertiary/aromatic N) is 1. The first-order valence-electron chi connectivity index (χ1n) is 13.2. The van der Waals surface area contributed by atoms with Crippen molar-refractivity contribution in [3.8, 4) is 16.8 Å². The zero-order valence-corrected chi connectivity index (χ0v) is 22.5. The predicted molar refractivity (Wildman–Crippen MR) is 172 cm³/mol. The van der Waals surface area contributed by atoms with Crippen LogP contribution >= 0.6 is 22.7 Å². The smallest absolute Gasteiger partial charge is 0.0534 e. The van der Waals surface area contributed by atoms with Gasteiger partial charge in [-0.05, 0) is 75.6 Å². The summed E-state index contributed by atoms with van der Waals surface area (Å²) in [5.41, 5.74) is 5.05. The second-order valence-electron chi connectivity index (χ2n) is 10.2. The van der Waals surface area contributed by atoms with Crippen LogP contribution in [0.2, 0.25) is 0 Å². The van der Waals surface area contributed by atoms with Crippen LogP contribution in [-0.4, -0.2) is 4.57 Å². The van der Waals surface area contributed by atoms with E-state index < -0.39 is 0 Å². The number of hydrogen-bond acceptors (Lipinski definition) is 2. The van der Waals surface area contributed by atoms with Crippen LogP contribution in [0.4, 0.5) is 0 Å². The van der Waals surface area contributed by atoms with Crippen molar-refractivity contribution >= 4 is 85.4 Å².